The molecule has 3 aromatic rings. The van der Waals surface area contributed by atoms with Gasteiger partial charge in [-0.1, -0.05) is 16.9 Å². The lowest BCUT2D eigenvalue weighted by atomic mass is 10.2. The summed E-state index contributed by atoms with van der Waals surface area (Å²) in [5.74, 6) is 1.86. The van der Waals surface area contributed by atoms with Gasteiger partial charge in [0, 0.05) is 18.7 Å². The van der Waals surface area contributed by atoms with Crippen molar-refractivity contribution < 1.29 is 8.91 Å². The molecule has 0 aliphatic carbocycles. The molecule has 0 spiro atoms. The van der Waals surface area contributed by atoms with Gasteiger partial charge >= 0.3 is 0 Å². The fourth-order valence-corrected chi connectivity index (χ4v) is 2.70. The number of rotatable bonds is 4. The number of benzene rings is 1. The Bertz CT molecular complexity index is 751. The molecule has 0 amide bonds. The summed E-state index contributed by atoms with van der Waals surface area (Å²) in [5.41, 5.74) is 1.68. The molecule has 0 atom stereocenters. The minimum Gasteiger partial charge on any atom is -0.360 e. The van der Waals surface area contributed by atoms with Crippen LogP contribution in [0.2, 0.25) is 0 Å². The van der Waals surface area contributed by atoms with E-state index in [9.17, 15) is 4.39 Å². The van der Waals surface area contributed by atoms with Crippen molar-refractivity contribution in [2.45, 2.75) is 17.8 Å². The standard InChI is InChI=1S/C14H13FN4OS/c1-9-7-12(20-18-9)8-21-14-17-16-13(19(14)2)10-3-5-11(15)6-4-10/h3-7H,8H2,1-2H3. The zero-order valence-corrected chi connectivity index (χ0v) is 12.4. The lowest BCUT2D eigenvalue weighted by Gasteiger charge is -2.03. The van der Waals surface area contributed by atoms with Crippen LogP contribution in [0, 0.1) is 12.7 Å². The van der Waals surface area contributed by atoms with Crippen LogP contribution in [0.3, 0.4) is 0 Å². The van der Waals surface area contributed by atoms with Crippen LogP contribution < -0.4 is 0 Å². The Morgan fingerprint density at radius 1 is 1.24 bits per heavy atom. The largest absolute Gasteiger partial charge is 0.360 e. The van der Waals surface area contributed by atoms with Gasteiger partial charge in [0.25, 0.3) is 0 Å². The van der Waals surface area contributed by atoms with Crippen LogP contribution in [0.15, 0.2) is 40.0 Å². The zero-order chi connectivity index (χ0) is 14.8. The molecule has 0 radical (unpaired) electrons. The first-order valence-electron chi connectivity index (χ1n) is 6.34. The van der Waals surface area contributed by atoms with Crippen molar-refractivity contribution in [1.82, 2.24) is 19.9 Å². The smallest absolute Gasteiger partial charge is 0.191 e. The number of hydrogen-bond acceptors (Lipinski definition) is 5. The molecule has 2 heterocycles. The highest BCUT2D eigenvalue weighted by Gasteiger charge is 2.12. The average molecular weight is 304 g/mol. The molecular weight excluding hydrogens is 291 g/mol. The number of hydrogen-bond donors (Lipinski definition) is 0. The molecule has 2 aromatic heterocycles. The van der Waals surface area contributed by atoms with E-state index in [1.807, 2.05) is 24.6 Å². The number of aromatic nitrogens is 4. The van der Waals surface area contributed by atoms with E-state index in [0.717, 1.165) is 22.2 Å². The molecule has 0 saturated heterocycles. The Hall–Kier alpha value is -2.15. The molecule has 108 valence electrons. The summed E-state index contributed by atoms with van der Waals surface area (Å²) >= 11 is 1.51. The van der Waals surface area contributed by atoms with Gasteiger partial charge in [-0.05, 0) is 31.2 Å². The highest BCUT2D eigenvalue weighted by Crippen LogP contribution is 2.25. The summed E-state index contributed by atoms with van der Waals surface area (Å²) in [4.78, 5) is 0. The van der Waals surface area contributed by atoms with Crippen LogP contribution in [0.4, 0.5) is 4.39 Å². The first-order valence-corrected chi connectivity index (χ1v) is 7.32. The van der Waals surface area contributed by atoms with Gasteiger partial charge in [0.2, 0.25) is 0 Å². The van der Waals surface area contributed by atoms with E-state index in [-0.39, 0.29) is 5.82 Å². The fourth-order valence-electron chi connectivity index (χ4n) is 1.91. The predicted molar refractivity (Wildman–Crippen MR) is 77.2 cm³/mol. The van der Waals surface area contributed by atoms with Crippen molar-refractivity contribution >= 4 is 11.8 Å². The van der Waals surface area contributed by atoms with E-state index in [2.05, 4.69) is 15.4 Å². The first-order chi connectivity index (χ1) is 10.1. The maximum Gasteiger partial charge on any atom is 0.191 e. The van der Waals surface area contributed by atoms with Gasteiger partial charge in [-0.3, -0.25) is 0 Å². The minimum atomic E-state index is -0.267. The molecule has 0 aliphatic heterocycles. The second kappa shape index (κ2) is 5.69. The van der Waals surface area contributed by atoms with Crippen molar-refractivity contribution in [1.29, 1.82) is 0 Å². The van der Waals surface area contributed by atoms with E-state index < -0.39 is 0 Å². The van der Waals surface area contributed by atoms with Crippen molar-refractivity contribution in [3.8, 4) is 11.4 Å². The molecule has 5 nitrogen and oxygen atoms in total. The number of nitrogens with zero attached hydrogens (tertiary/aromatic N) is 4. The normalized spacial score (nSPS) is 11.0. The molecule has 0 bridgehead atoms. The van der Waals surface area contributed by atoms with Gasteiger partial charge in [-0.2, -0.15) is 0 Å². The third-order valence-electron chi connectivity index (χ3n) is 2.96. The zero-order valence-electron chi connectivity index (χ0n) is 11.6. The highest BCUT2D eigenvalue weighted by atomic mass is 32.2. The van der Waals surface area contributed by atoms with Crippen LogP contribution >= 0.6 is 11.8 Å². The van der Waals surface area contributed by atoms with Gasteiger partial charge in [0.05, 0.1) is 11.4 Å². The molecule has 0 aliphatic rings. The summed E-state index contributed by atoms with van der Waals surface area (Å²) in [6.45, 7) is 1.88. The third-order valence-corrected chi connectivity index (χ3v) is 4.00. The molecule has 7 heteroatoms. The molecule has 21 heavy (non-hydrogen) atoms. The highest BCUT2D eigenvalue weighted by molar-refractivity contribution is 7.98. The SMILES string of the molecule is Cc1cc(CSc2nnc(-c3ccc(F)cc3)n2C)on1. The summed E-state index contributed by atoms with van der Waals surface area (Å²) in [7, 11) is 1.88. The summed E-state index contributed by atoms with van der Waals surface area (Å²) < 4.78 is 20.0. The molecule has 1 aromatic carbocycles. The van der Waals surface area contributed by atoms with Gasteiger partial charge < -0.3 is 9.09 Å². The predicted octanol–water partition coefficient (Wildman–Crippen LogP) is 3.21. The molecule has 3 rings (SSSR count). The second-order valence-corrected chi connectivity index (χ2v) is 5.54. The van der Waals surface area contributed by atoms with Gasteiger partial charge in [-0.25, -0.2) is 4.39 Å². The van der Waals surface area contributed by atoms with Crippen LogP contribution in [0.25, 0.3) is 11.4 Å². The van der Waals surface area contributed by atoms with E-state index >= 15 is 0 Å². The Labute approximate surface area is 125 Å². The number of thioether (sulfide) groups is 1. The van der Waals surface area contributed by atoms with Gasteiger partial charge in [0.1, 0.15) is 11.6 Å². The lowest BCUT2D eigenvalue weighted by molar-refractivity contribution is 0.391. The Morgan fingerprint density at radius 3 is 2.67 bits per heavy atom. The topological polar surface area (TPSA) is 56.7 Å². The van der Waals surface area contributed by atoms with E-state index in [0.29, 0.717) is 11.6 Å². The summed E-state index contributed by atoms with van der Waals surface area (Å²) in [5, 5.41) is 12.9. The number of halogens is 1. The molecule has 0 unspecified atom stereocenters. The van der Waals surface area contributed by atoms with Crippen molar-refractivity contribution in [3.05, 3.63) is 47.6 Å². The summed E-state index contributed by atoms with van der Waals surface area (Å²) in [6.07, 6.45) is 0. The molecule has 0 fully saturated rings. The number of aryl methyl sites for hydroxylation is 1. The minimum absolute atomic E-state index is 0.267. The molecule has 0 saturated carbocycles. The Kier molecular flexibility index (Phi) is 3.74. The molecular formula is C14H13FN4OS. The fraction of sp³-hybridized carbons (Fsp3) is 0.214. The van der Waals surface area contributed by atoms with Gasteiger partial charge in [0.15, 0.2) is 11.0 Å². The third kappa shape index (κ3) is 2.97. The van der Waals surface area contributed by atoms with E-state index in [1.165, 1.54) is 23.9 Å². The van der Waals surface area contributed by atoms with Gasteiger partial charge in [-0.15, -0.1) is 10.2 Å². The lowest BCUT2D eigenvalue weighted by Crippen LogP contribution is -1.95. The molecule has 0 N–H and O–H groups in total. The van der Waals surface area contributed by atoms with Crippen molar-refractivity contribution in [3.63, 3.8) is 0 Å². The monoisotopic (exact) mass is 304 g/mol. The quantitative estimate of drug-likeness (QED) is 0.693. The Balaban J connectivity index is 1.77. The first kappa shape index (κ1) is 13.8. The summed E-state index contributed by atoms with van der Waals surface area (Å²) in [6, 6.07) is 8.09. The average Bonchev–Trinajstić information content (AvgIpc) is 3.04. The van der Waals surface area contributed by atoms with Crippen LogP contribution in [0.1, 0.15) is 11.5 Å². The second-order valence-electron chi connectivity index (χ2n) is 4.60. The maximum absolute atomic E-state index is 13.0. The van der Waals surface area contributed by atoms with Crippen molar-refractivity contribution in [2.75, 3.05) is 0 Å². The van der Waals surface area contributed by atoms with Crippen LogP contribution in [0.5, 0.6) is 0 Å². The Morgan fingerprint density at radius 2 is 2.00 bits per heavy atom. The van der Waals surface area contributed by atoms with Crippen LogP contribution in [-0.2, 0) is 12.8 Å². The van der Waals surface area contributed by atoms with E-state index in [1.54, 1.807) is 12.1 Å². The van der Waals surface area contributed by atoms with E-state index in [4.69, 9.17) is 4.52 Å². The van der Waals surface area contributed by atoms with Crippen LogP contribution in [-0.4, -0.2) is 19.9 Å². The maximum atomic E-state index is 13.0. The van der Waals surface area contributed by atoms with Crippen molar-refractivity contribution in [2.24, 2.45) is 7.05 Å².